The van der Waals surface area contributed by atoms with Gasteiger partial charge in [-0.3, -0.25) is 9.36 Å². The summed E-state index contributed by atoms with van der Waals surface area (Å²) >= 11 is 0. The fraction of sp³-hybridized carbons (Fsp3) is 0.906. The van der Waals surface area contributed by atoms with E-state index in [1.165, 1.54) is 186 Å². The van der Waals surface area contributed by atoms with Gasteiger partial charge in [-0.15, -0.1) is 0 Å². The van der Waals surface area contributed by atoms with Gasteiger partial charge in [0.1, 0.15) is 13.2 Å². The van der Waals surface area contributed by atoms with E-state index in [-0.39, 0.29) is 19.1 Å². The summed E-state index contributed by atoms with van der Waals surface area (Å²) in [7, 11) is 1.31. The zero-order chi connectivity index (χ0) is 45.7. The fourth-order valence-corrected chi connectivity index (χ4v) is 8.68. The maximum absolute atomic E-state index is 12.9. The van der Waals surface area contributed by atoms with Crippen LogP contribution in [-0.4, -0.2) is 68.5 Å². The van der Waals surface area contributed by atoms with Crippen LogP contribution in [0.15, 0.2) is 24.3 Å². The number of rotatable bonds is 49. The Morgan fingerprint density at radius 3 is 1.34 bits per heavy atom. The van der Waals surface area contributed by atoms with E-state index in [9.17, 15) is 19.4 Å². The first-order valence-electron chi connectivity index (χ1n) is 26.7. The van der Waals surface area contributed by atoms with Gasteiger partial charge >= 0.3 is 0 Å². The van der Waals surface area contributed by atoms with Gasteiger partial charge in [-0.05, 0) is 44.9 Å². The summed E-state index contributed by atoms with van der Waals surface area (Å²) in [5, 5.41) is 13.9. The summed E-state index contributed by atoms with van der Waals surface area (Å²) in [6.07, 6.45) is 55.1. The van der Waals surface area contributed by atoms with Gasteiger partial charge in [-0.25, -0.2) is 0 Å². The SMILES string of the molecule is CCCCCCC/C=C\C/C=C\CCCCCCCCCCCCCCCCCCCCCC(=O)NC(COP(=O)([O-])OCC[N+](C)(C)C)C(O)CCCCCCCCCCC. The van der Waals surface area contributed by atoms with Crippen LogP contribution < -0.4 is 10.2 Å². The molecule has 8 nitrogen and oxygen atoms in total. The van der Waals surface area contributed by atoms with Crippen LogP contribution in [0.4, 0.5) is 0 Å². The molecule has 0 radical (unpaired) electrons. The molecule has 0 heterocycles. The van der Waals surface area contributed by atoms with Gasteiger partial charge in [0, 0.05) is 6.42 Å². The third-order valence-corrected chi connectivity index (χ3v) is 13.2. The second-order valence-corrected chi connectivity index (χ2v) is 21.0. The van der Waals surface area contributed by atoms with Crippen molar-refractivity contribution in [2.45, 2.75) is 270 Å². The van der Waals surface area contributed by atoms with Crippen molar-refractivity contribution in [3.05, 3.63) is 24.3 Å². The molecule has 0 saturated carbocycles. The normalized spacial score (nSPS) is 14.2. The van der Waals surface area contributed by atoms with Crippen molar-refractivity contribution in [2.24, 2.45) is 0 Å². The van der Waals surface area contributed by atoms with Crippen molar-refractivity contribution >= 4 is 13.7 Å². The number of carbonyl (C=O) groups is 1. The highest BCUT2D eigenvalue weighted by molar-refractivity contribution is 7.45. The number of phosphoric acid groups is 1. The van der Waals surface area contributed by atoms with Gasteiger partial charge in [-0.1, -0.05) is 231 Å². The molecule has 0 saturated heterocycles. The summed E-state index contributed by atoms with van der Waals surface area (Å²) in [5.41, 5.74) is 0. The van der Waals surface area contributed by atoms with Crippen LogP contribution in [0.1, 0.15) is 258 Å². The van der Waals surface area contributed by atoms with Gasteiger partial charge in [0.15, 0.2) is 0 Å². The standard InChI is InChI=1S/C53H105N2O6P/c1-6-8-10-12-14-16-17-18-19-20-21-22-23-24-25-26-27-28-29-30-31-32-33-34-35-36-37-39-41-43-45-47-53(57)54-51(50-61-62(58,59)60-49-48-55(3,4)5)52(56)46-44-42-40-38-15-13-11-9-7-2/h17-18,20-21,51-52,56H,6-16,19,22-50H2,1-5H3,(H-,54,57,58,59)/b18-17-,21-20-. The lowest BCUT2D eigenvalue weighted by molar-refractivity contribution is -0.870. The van der Waals surface area contributed by atoms with E-state index in [4.69, 9.17) is 9.05 Å². The third kappa shape index (κ3) is 47.0. The third-order valence-electron chi connectivity index (χ3n) is 12.2. The van der Waals surface area contributed by atoms with Crippen LogP contribution in [0.3, 0.4) is 0 Å². The lowest BCUT2D eigenvalue weighted by atomic mass is 10.0. The first-order valence-corrected chi connectivity index (χ1v) is 28.1. The molecule has 0 bridgehead atoms. The highest BCUT2D eigenvalue weighted by Crippen LogP contribution is 2.38. The molecule has 0 aromatic carbocycles. The molecule has 0 aromatic rings. The van der Waals surface area contributed by atoms with Crippen molar-refractivity contribution in [1.82, 2.24) is 5.32 Å². The summed E-state index contributed by atoms with van der Waals surface area (Å²) < 4.78 is 23.3. The Morgan fingerprint density at radius 2 is 0.935 bits per heavy atom. The van der Waals surface area contributed by atoms with Crippen molar-refractivity contribution in [2.75, 3.05) is 40.9 Å². The number of carbonyl (C=O) groups excluding carboxylic acids is 1. The Labute approximate surface area is 385 Å². The molecule has 1 amide bonds. The summed E-state index contributed by atoms with van der Waals surface area (Å²) in [4.78, 5) is 25.3. The average Bonchev–Trinajstić information content (AvgIpc) is 3.23. The lowest BCUT2D eigenvalue weighted by Crippen LogP contribution is -2.46. The van der Waals surface area contributed by atoms with Gasteiger partial charge in [0.25, 0.3) is 7.82 Å². The predicted molar refractivity (Wildman–Crippen MR) is 265 cm³/mol. The van der Waals surface area contributed by atoms with Crippen molar-refractivity contribution < 1.29 is 32.9 Å². The second kappa shape index (κ2) is 45.1. The fourth-order valence-electron chi connectivity index (χ4n) is 7.95. The number of phosphoric ester groups is 1. The first kappa shape index (κ1) is 61.0. The molecule has 0 aliphatic heterocycles. The first-order chi connectivity index (χ1) is 30.0. The van der Waals surface area contributed by atoms with E-state index in [1.807, 2.05) is 21.1 Å². The molecule has 368 valence electrons. The molecule has 0 rings (SSSR count). The van der Waals surface area contributed by atoms with E-state index in [2.05, 4.69) is 43.5 Å². The largest absolute Gasteiger partial charge is 0.756 e. The van der Waals surface area contributed by atoms with Crippen LogP contribution >= 0.6 is 7.82 Å². The van der Waals surface area contributed by atoms with Gasteiger partial charge < -0.3 is 28.8 Å². The zero-order valence-corrected chi connectivity index (χ0v) is 42.7. The quantitative estimate of drug-likeness (QED) is 0.0273. The molecule has 9 heteroatoms. The summed E-state index contributed by atoms with van der Waals surface area (Å²) in [6, 6.07) is -0.795. The number of aliphatic hydroxyl groups is 1. The van der Waals surface area contributed by atoms with Crippen LogP contribution in [0, 0.1) is 0 Å². The number of nitrogens with one attached hydrogen (secondary N) is 1. The molecule has 2 N–H and O–H groups in total. The highest BCUT2D eigenvalue weighted by Gasteiger charge is 2.24. The Balaban J connectivity index is 3.93. The predicted octanol–water partition coefficient (Wildman–Crippen LogP) is 15.0. The molecular weight excluding hydrogens is 792 g/mol. The molecule has 62 heavy (non-hydrogen) atoms. The Hall–Kier alpha value is -1.02. The maximum atomic E-state index is 12.9. The molecule has 3 unspecified atom stereocenters. The van der Waals surface area contributed by atoms with E-state index >= 15 is 0 Å². The van der Waals surface area contributed by atoms with Crippen molar-refractivity contribution in [3.8, 4) is 0 Å². The van der Waals surface area contributed by atoms with Crippen molar-refractivity contribution in [1.29, 1.82) is 0 Å². The minimum atomic E-state index is -4.56. The Bertz CT molecular complexity index is 1060. The molecule has 0 aromatic heterocycles. The zero-order valence-electron chi connectivity index (χ0n) is 41.8. The average molecular weight is 897 g/mol. The smallest absolute Gasteiger partial charge is 0.268 e. The van der Waals surface area contributed by atoms with Gasteiger partial charge in [0.2, 0.25) is 5.91 Å². The number of unbranched alkanes of at least 4 members (excludes halogenated alkanes) is 32. The molecule has 0 spiro atoms. The van der Waals surface area contributed by atoms with Gasteiger partial charge in [0.05, 0.1) is 39.9 Å². The highest BCUT2D eigenvalue weighted by atomic mass is 31.2. The van der Waals surface area contributed by atoms with Crippen molar-refractivity contribution in [3.63, 3.8) is 0 Å². The van der Waals surface area contributed by atoms with Crippen LogP contribution in [0.2, 0.25) is 0 Å². The topological polar surface area (TPSA) is 108 Å². The molecule has 0 fully saturated rings. The molecule has 0 aliphatic carbocycles. The minimum absolute atomic E-state index is 0.0139. The van der Waals surface area contributed by atoms with E-state index < -0.39 is 20.0 Å². The number of nitrogens with zero attached hydrogens (tertiary/aromatic N) is 1. The number of likely N-dealkylation sites (N-methyl/N-ethyl adjacent to an activating group) is 1. The van der Waals surface area contributed by atoms with Crippen LogP contribution in [-0.2, 0) is 18.4 Å². The second-order valence-electron chi connectivity index (χ2n) is 19.6. The minimum Gasteiger partial charge on any atom is -0.756 e. The van der Waals surface area contributed by atoms with E-state index in [0.29, 0.717) is 23.9 Å². The Kier molecular flexibility index (Phi) is 44.4. The van der Waals surface area contributed by atoms with E-state index in [0.717, 1.165) is 44.9 Å². The van der Waals surface area contributed by atoms with Gasteiger partial charge in [-0.2, -0.15) is 0 Å². The Morgan fingerprint density at radius 1 is 0.565 bits per heavy atom. The van der Waals surface area contributed by atoms with E-state index in [1.54, 1.807) is 0 Å². The lowest BCUT2D eigenvalue weighted by Gasteiger charge is -2.30. The number of amides is 1. The summed E-state index contributed by atoms with van der Waals surface area (Å²) in [5.74, 6) is -0.164. The monoisotopic (exact) mass is 897 g/mol. The number of quaternary nitrogens is 1. The maximum Gasteiger partial charge on any atom is 0.268 e. The number of hydrogen-bond donors (Lipinski definition) is 2. The van der Waals surface area contributed by atoms with Crippen LogP contribution in [0.5, 0.6) is 0 Å². The molecule has 0 aliphatic rings. The number of allylic oxidation sites excluding steroid dienone is 4. The molecular formula is C53H105N2O6P. The summed E-state index contributed by atoms with van der Waals surface area (Å²) in [6.45, 7) is 4.70. The number of aliphatic hydroxyl groups excluding tert-OH is 1. The molecule has 3 atom stereocenters. The number of hydrogen-bond acceptors (Lipinski definition) is 6. The van der Waals surface area contributed by atoms with Crippen LogP contribution in [0.25, 0.3) is 0 Å².